The highest BCUT2D eigenvalue weighted by molar-refractivity contribution is 5.96. The summed E-state index contributed by atoms with van der Waals surface area (Å²) in [4.78, 5) is 25.4. The molecule has 0 aliphatic carbocycles. The van der Waals surface area contributed by atoms with E-state index in [-0.39, 0.29) is 5.91 Å². The van der Waals surface area contributed by atoms with Gasteiger partial charge in [-0.3, -0.25) is 14.5 Å². The molecule has 1 amide bonds. The molecule has 9 heteroatoms. The normalized spacial score (nSPS) is 11.9. The Hall–Kier alpha value is -4.53. The van der Waals surface area contributed by atoms with Crippen LogP contribution in [0, 0.1) is 0 Å². The number of amides is 1. The summed E-state index contributed by atoms with van der Waals surface area (Å²) in [5.74, 6) is 0.951. The van der Waals surface area contributed by atoms with Crippen molar-refractivity contribution in [1.29, 1.82) is 0 Å². The molecular formula is C26H25N7O2. The molecule has 2 N–H and O–H groups in total. The second-order valence-electron chi connectivity index (χ2n) is 8.05. The molecular weight excluding hydrogens is 442 g/mol. The van der Waals surface area contributed by atoms with Gasteiger partial charge in [0.1, 0.15) is 17.9 Å². The number of likely N-dealkylation sites (N-methyl/N-ethyl adjacent to an activating group) is 1. The van der Waals surface area contributed by atoms with Gasteiger partial charge in [0.15, 0.2) is 6.10 Å². The first kappa shape index (κ1) is 22.3. The number of anilines is 2. The summed E-state index contributed by atoms with van der Waals surface area (Å²) in [7, 11) is 0. The monoisotopic (exact) mass is 467 g/mol. The number of carbonyl (C=O) groups excluding carboxylic acids is 1. The second kappa shape index (κ2) is 9.76. The molecule has 0 aliphatic rings. The Bertz CT molecular complexity index is 1480. The van der Waals surface area contributed by atoms with Gasteiger partial charge in [-0.15, -0.1) is 0 Å². The van der Waals surface area contributed by atoms with Gasteiger partial charge >= 0.3 is 0 Å². The molecule has 1 atom stereocenters. The number of ether oxygens (including phenoxy) is 1. The zero-order valence-electron chi connectivity index (χ0n) is 19.5. The summed E-state index contributed by atoms with van der Waals surface area (Å²) in [6.07, 6.45) is 4.47. The zero-order valence-corrected chi connectivity index (χ0v) is 19.5. The van der Waals surface area contributed by atoms with E-state index in [9.17, 15) is 4.79 Å². The Labute approximate surface area is 202 Å². The first-order valence-electron chi connectivity index (χ1n) is 11.4. The molecule has 3 aromatic heterocycles. The molecule has 0 saturated carbocycles. The summed E-state index contributed by atoms with van der Waals surface area (Å²) in [5, 5.41) is 12.4. The number of nitrogens with one attached hydrogen (secondary N) is 2. The van der Waals surface area contributed by atoms with E-state index in [0.29, 0.717) is 35.6 Å². The first-order chi connectivity index (χ1) is 17.1. The Morgan fingerprint density at radius 1 is 1.09 bits per heavy atom. The second-order valence-corrected chi connectivity index (χ2v) is 8.05. The molecule has 35 heavy (non-hydrogen) atoms. The van der Waals surface area contributed by atoms with Crippen molar-refractivity contribution in [3.8, 4) is 5.75 Å². The van der Waals surface area contributed by atoms with Crippen molar-refractivity contribution in [2.75, 3.05) is 11.9 Å². The van der Waals surface area contributed by atoms with Crippen LogP contribution >= 0.6 is 0 Å². The van der Waals surface area contributed by atoms with E-state index in [0.717, 1.165) is 22.3 Å². The van der Waals surface area contributed by atoms with Crippen molar-refractivity contribution < 1.29 is 9.53 Å². The highest BCUT2D eigenvalue weighted by atomic mass is 16.5. The van der Waals surface area contributed by atoms with E-state index in [1.54, 1.807) is 13.1 Å². The smallest absolute Gasteiger partial charge is 0.260 e. The van der Waals surface area contributed by atoms with Gasteiger partial charge in [-0.2, -0.15) is 5.10 Å². The van der Waals surface area contributed by atoms with Crippen LogP contribution in [0.2, 0.25) is 0 Å². The molecule has 0 spiro atoms. The quantitative estimate of drug-likeness (QED) is 0.354. The third-order valence-electron chi connectivity index (χ3n) is 5.59. The SMILES string of the molecule is CCNC(=O)C(C)Oc1cccc2ncnc(Nc3ccc4c(cnn4Cc4ccccn4)c3)c12. The van der Waals surface area contributed by atoms with E-state index in [2.05, 4.69) is 30.7 Å². The lowest BCUT2D eigenvalue weighted by atomic mass is 10.2. The molecule has 2 aromatic carbocycles. The third-order valence-corrected chi connectivity index (χ3v) is 5.59. The predicted octanol–water partition coefficient (Wildman–Crippen LogP) is 4.07. The largest absolute Gasteiger partial charge is 0.480 e. The van der Waals surface area contributed by atoms with Crippen LogP contribution in [-0.2, 0) is 11.3 Å². The average Bonchev–Trinajstić information content (AvgIpc) is 3.27. The van der Waals surface area contributed by atoms with Crippen LogP contribution in [0.5, 0.6) is 5.75 Å². The Morgan fingerprint density at radius 2 is 2.00 bits per heavy atom. The summed E-state index contributed by atoms with van der Waals surface area (Å²) >= 11 is 0. The summed E-state index contributed by atoms with van der Waals surface area (Å²) in [6, 6.07) is 17.4. The van der Waals surface area contributed by atoms with Crippen LogP contribution in [0.1, 0.15) is 19.5 Å². The van der Waals surface area contributed by atoms with Crippen molar-refractivity contribution in [3.63, 3.8) is 0 Å². The van der Waals surface area contributed by atoms with E-state index >= 15 is 0 Å². The fraction of sp³-hybridized carbons (Fsp3) is 0.192. The third kappa shape index (κ3) is 4.74. The number of pyridine rings is 1. The van der Waals surface area contributed by atoms with Crippen LogP contribution < -0.4 is 15.4 Å². The topological polar surface area (TPSA) is 107 Å². The minimum atomic E-state index is -0.658. The van der Waals surface area contributed by atoms with Crippen molar-refractivity contribution in [2.45, 2.75) is 26.5 Å². The molecule has 0 saturated heterocycles. The van der Waals surface area contributed by atoms with Crippen molar-refractivity contribution >= 4 is 39.2 Å². The van der Waals surface area contributed by atoms with Gasteiger partial charge in [0.25, 0.3) is 5.91 Å². The molecule has 9 nitrogen and oxygen atoms in total. The van der Waals surface area contributed by atoms with Gasteiger partial charge in [-0.05, 0) is 56.3 Å². The molecule has 0 bridgehead atoms. The van der Waals surface area contributed by atoms with Gasteiger partial charge in [0, 0.05) is 23.8 Å². The fourth-order valence-electron chi connectivity index (χ4n) is 3.91. The van der Waals surface area contributed by atoms with E-state index < -0.39 is 6.10 Å². The minimum Gasteiger partial charge on any atom is -0.480 e. The highest BCUT2D eigenvalue weighted by Gasteiger charge is 2.17. The van der Waals surface area contributed by atoms with Crippen molar-refractivity contribution in [2.24, 2.45) is 0 Å². The van der Waals surface area contributed by atoms with Gasteiger partial charge in [0.2, 0.25) is 0 Å². The van der Waals surface area contributed by atoms with Gasteiger partial charge in [-0.25, -0.2) is 9.97 Å². The van der Waals surface area contributed by atoms with Crippen LogP contribution in [0.3, 0.4) is 0 Å². The molecule has 0 aliphatic heterocycles. The lowest BCUT2D eigenvalue weighted by molar-refractivity contribution is -0.127. The molecule has 5 rings (SSSR count). The number of hydrogen-bond donors (Lipinski definition) is 2. The summed E-state index contributed by atoms with van der Waals surface area (Å²) in [6.45, 7) is 4.73. The maximum Gasteiger partial charge on any atom is 0.260 e. The number of benzene rings is 2. The lowest BCUT2D eigenvalue weighted by Gasteiger charge is -2.17. The van der Waals surface area contributed by atoms with Crippen molar-refractivity contribution in [1.82, 2.24) is 30.0 Å². The maximum absolute atomic E-state index is 12.2. The van der Waals surface area contributed by atoms with Crippen molar-refractivity contribution in [3.05, 3.63) is 79.0 Å². The molecule has 176 valence electrons. The van der Waals surface area contributed by atoms with Crippen LogP contribution in [-0.4, -0.2) is 43.3 Å². The summed E-state index contributed by atoms with van der Waals surface area (Å²) < 4.78 is 7.93. The van der Waals surface area contributed by atoms with E-state index in [1.807, 2.05) is 72.4 Å². The number of nitrogens with zero attached hydrogens (tertiary/aromatic N) is 5. The summed E-state index contributed by atoms with van der Waals surface area (Å²) in [5.41, 5.74) is 3.52. The minimum absolute atomic E-state index is 0.177. The zero-order chi connectivity index (χ0) is 24.2. The van der Waals surface area contributed by atoms with Crippen LogP contribution in [0.4, 0.5) is 11.5 Å². The van der Waals surface area contributed by atoms with Crippen LogP contribution in [0.25, 0.3) is 21.8 Å². The standard InChI is InChI=1S/C26H25N7O2/c1-3-27-26(34)17(2)35-23-9-6-8-21-24(23)25(30-16-29-21)32-19-10-11-22-18(13-19)14-31-33(22)15-20-7-4-5-12-28-20/h4-14,16-17H,3,15H2,1-2H3,(H,27,34)(H,29,30,32). The number of aromatic nitrogens is 5. The number of fused-ring (bicyclic) bond motifs is 2. The molecule has 0 fully saturated rings. The predicted molar refractivity (Wildman–Crippen MR) is 135 cm³/mol. The molecule has 1 unspecified atom stereocenters. The number of hydrogen-bond acceptors (Lipinski definition) is 7. The van der Waals surface area contributed by atoms with Gasteiger partial charge in [0.05, 0.1) is 34.9 Å². The average molecular weight is 468 g/mol. The van der Waals surface area contributed by atoms with E-state index in [4.69, 9.17) is 4.74 Å². The van der Waals surface area contributed by atoms with Gasteiger partial charge in [-0.1, -0.05) is 12.1 Å². The molecule has 0 radical (unpaired) electrons. The maximum atomic E-state index is 12.2. The van der Waals surface area contributed by atoms with Gasteiger partial charge < -0.3 is 15.4 Å². The van der Waals surface area contributed by atoms with E-state index in [1.165, 1.54) is 6.33 Å². The highest BCUT2D eigenvalue weighted by Crippen LogP contribution is 2.32. The Balaban J connectivity index is 1.44. The fourth-order valence-corrected chi connectivity index (χ4v) is 3.91. The molecule has 5 aromatic rings. The molecule has 3 heterocycles. The number of rotatable bonds is 8. The van der Waals surface area contributed by atoms with Crippen LogP contribution in [0.15, 0.2) is 73.3 Å². The number of carbonyl (C=O) groups is 1. The Kier molecular flexibility index (Phi) is 6.21. The first-order valence-corrected chi connectivity index (χ1v) is 11.4. The lowest BCUT2D eigenvalue weighted by Crippen LogP contribution is -2.36. The Morgan fingerprint density at radius 3 is 2.83 bits per heavy atom.